The highest BCUT2D eigenvalue weighted by atomic mass is 79.9. The fourth-order valence-electron chi connectivity index (χ4n) is 2.50. The molecule has 0 amide bonds. The summed E-state index contributed by atoms with van der Waals surface area (Å²) in [6, 6.07) is 3.60. The number of halogens is 1. The summed E-state index contributed by atoms with van der Waals surface area (Å²) >= 11 is 3.43. The molecular formula is C14H17BrO3. The predicted molar refractivity (Wildman–Crippen MR) is 73.5 cm³/mol. The molecule has 1 aliphatic rings. The van der Waals surface area contributed by atoms with Gasteiger partial charge >= 0.3 is 0 Å². The summed E-state index contributed by atoms with van der Waals surface area (Å²) in [6.07, 6.45) is 4.28. The first-order chi connectivity index (χ1) is 8.69. The zero-order valence-corrected chi connectivity index (χ0v) is 12.2. The number of carbonyl (C=O) groups is 1. The Kier molecular flexibility index (Phi) is 4.27. The second kappa shape index (κ2) is 5.74. The Morgan fingerprint density at radius 1 is 1.22 bits per heavy atom. The molecule has 0 heterocycles. The van der Waals surface area contributed by atoms with Crippen LogP contribution in [0.15, 0.2) is 16.6 Å². The lowest BCUT2D eigenvalue weighted by Gasteiger charge is -2.15. The first kappa shape index (κ1) is 13.4. The van der Waals surface area contributed by atoms with Gasteiger partial charge in [0.2, 0.25) is 0 Å². The third-order valence-electron chi connectivity index (χ3n) is 3.48. The van der Waals surface area contributed by atoms with E-state index in [0.29, 0.717) is 21.5 Å². The molecule has 18 heavy (non-hydrogen) atoms. The lowest BCUT2D eigenvalue weighted by atomic mass is 9.95. The Morgan fingerprint density at radius 3 is 2.44 bits per heavy atom. The van der Waals surface area contributed by atoms with E-state index in [1.54, 1.807) is 26.4 Å². The summed E-state index contributed by atoms with van der Waals surface area (Å²) in [6.45, 7) is 0. The first-order valence-electron chi connectivity index (χ1n) is 6.13. The average molecular weight is 313 g/mol. The Hall–Kier alpha value is -1.03. The van der Waals surface area contributed by atoms with Crippen LogP contribution in [0.4, 0.5) is 0 Å². The first-order valence-corrected chi connectivity index (χ1v) is 6.93. The molecule has 0 atom stereocenters. The summed E-state index contributed by atoms with van der Waals surface area (Å²) in [4.78, 5) is 12.4. The molecule has 0 bridgehead atoms. The predicted octanol–water partition coefficient (Wildman–Crippen LogP) is 3.84. The normalized spacial score (nSPS) is 15.7. The van der Waals surface area contributed by atoms with E-state index in [-0.39, 0.29) is 11.7 Å². The molecule has 0 aromatic heterocycles. The number of Topliss-reactive ketones (excluding diaryl/α,β-unsaturated/α-hetero) is 1. The Balaban J connectivity index is 2.37. The van der Waals surface area contributed by atoms with Crippen LogP contribution in [0, 0.1) is 5.92 Å². The van der Waals surface area contributed by atoms with Crippen molar-refractivity contribution in [3.63, 3.8) is 0 Å². The van der Waals surface area contributed by atoms with Crippen molar-refractivity contribution in [2.24, 2.45) is 5.92 Å². The number of benzene rings is 1. The minimum atomic E-state index is 0.152. The summed E-state index contributed by atoms with van der Waals surface area (Å²) in [7, 11) is 3.17. The lowest BCUT2D eigenvalue weighted by molar-refractivity contribution is 0.0919. The van der Waals surface area contributed by atoms with Crippen LogP contribution >= 0.6 is 15.9 Å². The molecule has 0 spiro atoms. The van der Waals surface area contributed by atoms with Crippen LogP contribution in [0.3, 0.4) is 0 Å². The second-order valence-corrected chi connectivity index (χ2v) is 5.30. The Morgan fingerprint density at radius 2 is 1.89 bits per heavy atom. The third-order valence-corrected chi connectivity index (χ3v) is 4.23. The van der Waals surface area contributed by atoms with Gasteiger partial charge in [-0.3, -0.25) is 4.79 Å². The average Bonchev–Trinajstić information content (AvgIpc) is 2.91. The van der Waals surface area contributed by atoms with Gasteiger partial charge in [-0.05, 0) is 40.9 Å². The van der Waals surface area contributed by atoms with E-state index in [1.165, 1.54) is 0 Å². The number of rotatable bonds is 4. The van der Waals surface area contributed by atoms with Crippen molar-refractivity contribution in [1.29, 1.82) is 0 Å². The van der Waals surface area contributed by atoms with Crippen molar-refractivity contribution in [3.8, 4) is 11.5 Å². The molecule has 0 N–H and O–H groups in total. The van der Waals surface area contributed by atoms with Crippen molar-refractivity contribution < 1.29 is 14.3 Å². The summed E-state index contributed by atoms with van der Waals surface area (Å²) in [5.41, 5.74) is 0.650. The van der Waals surface area contributed by atoms with Crippen LogP contribution in [0.25, 0.3) is 0 Å². The van der Waals surface area contributed by atoms with Crippen LogP contribution in [-0.2, 0) is 0 Å². The van der Waals surface area contributed by atoms with E-state index in [4.69, 9.17) is 9.47 Å². The zero-order valence-electron chi connectivity index (χ0n) is 10.7. The molecule has 4 heteroatoms. The lowest BCUT2D eigenvalue weighted by Crippen LogP contribution is -2.12. The van der Waals surface area contributed by atoms with Crippen LogP contribution in [-0.4, -0.2) is 20.0 Å². The molecule has 98 valence electrons. The smallest absolute Gasteiger partial charge is 0.169 e. The van der Waals surface area contributed by atoms with E-state index in [1.807, 2.05) is 0 Å². The van der Waals surface area contributed by atoms with E-state index in [9.17, 15) is 4.79 Å². The maximum absolute atomic E-state index is 12.4. The van der Waals surface area contributed by atoms with E-state index in [0.717, 1.165) is 25.7 Å². The number of methoxy groups -OCH3 is 2. The molecule has 1 aromatic carbocycles. The van der Waals surface area contributed by atoms with Crippen molar-refractivity contribution in [2.75, 3.05) is 14.2 Å². The van der Waals surface area contributed by atoms with Gasteiger partial charge in [0.25, 0.3) is 0 Å². The van der Waals surface area contributed by atoms with Crippen molar-refractivity contribution >= 4 is 21.7 Å². The quantitative estimate of drug-likeness (QED) is 0.792. The number of ether oxygens (including phenoxy) is 2. The maximum Gasteiger partial charge on any atom is 0.169 e. The standard InChI is InChI=1S/C14H17BrO3/c1-17-11-8-7-10(14(18-2)12(11)15)13(16)9-5-3-4-6-9/h7-9H,3-6H2,1-2H3. The molecule has 3 nitrogen and oxygen atoms in total. The van der Waals surface area contributed by atoms with Crippen LogP contribution < -0.4 is 9.47 Å². The van der Waals surface area contributed by atoms with Gasteiger partial charge in [0.05, 0.1) is 19.8 Å². The van der Waals surface area contributed by atoms with Gasteiger partial charge in [-0.25, -0.2) is 0 Å². The van der Waals surface area contributed by atoms with E-state index >= 15 is 0 Å². The molecule has 0 aliphatic heterocycles. The van der Waals surface area contributed by atoms with Crippen LogP contribution in [0.1, 0.15) is 36.0 Å². The SMILES string of the molecule is COc1ccc(C(=O)C2CCCC2)c(OC)c1Br. The number of hydrogen-bond acceptors (Lipinski definition) is 3. The summed E-state index contributed by atoms with van der Waals surface area (Å²) in [5, 5.41) is 0. The number of ketones is 1. The Labute approximate surface area is 116 Å². The van der Waals surface area contributed by atoms with Gasteiger partial charge in [-0.15, -0.1) is 0 Å². The maximum atomic E-state index is 12.4. The van der Waals surface area contributed by atoms with Gasteiger partial charge < -0.3 is 9.47 Å². The van der Waals surface area contributed by atoms with Crippen LogP contribution in [0.2, 0.25) is 0 Å². The molecule has 0 radical (unpaired) electrons. The minimum Gasteiger partial charge on any atom is -0.495 e. The molecule has 0 saturated heterocycles. The highest BCUT2D eigenvalue weighted by Gasteiger charge is 2.27. The minimum absolute atomic E-state index is 0.152. The fourth-order valence-corrected chi connectivity index (χ4v) is 3.17. The third kappa shape index (κ3) is 2.39. The molecular weight excluding hydrogens is 296 g/mol. The van der Waals surface area contributed by atoms with Gasteiger partial charge in [-0.1, -0.05) is 12.8 Å². The number of hydrogen-bond donors (Lipinski definition) is 0. The van der Waals surface area contributed by atoms with Gasteiger partial charge in [0, 0.05) is 5.92 Å². The largest absolute Gasteiger partial charge is 0.495 e. The molecule has 1 aromatic rings. The number of carbonyl (C=O) groups excluding carboxylic acids is 1. The van der Waals surface area contributed by atoms with E-state index < -0.39 is 0 Å². The van der Waals surface area contributed by atoms with Crippen molar-refractivity contribution in [1.82, 2.24) is 0 Å². The van der Waals surface area contributed by atoms with Gasteiger partial charge in [0.1, 0.15) is 16.0 Å². The highest BCUT2D eigenvalue weighted by Crippen LogP contribution is 2.39. The topological polar surface area (TPSA) is 35.5 Å². The van der Waals surface area contributed by atoms with Crippen LogP contribution in [0.5, 0.6) is 11.5 Å². The summed E-state index contributed by atoms with van der Waals surface area (Å²) < 4.78 is 11.3. The van der Waals surface area contributed by atoms with Gasteiger partial charge in [-0.2, -0.15) is 0 Å². The van der Waals surface area contributed by atoms with Gasteiger partial charge in [0.15, 0.2) is 5.78 Å². The molecule has 1 fully saturated rings. The molecule has 1 aliphatic carbocycles. The Bertz CT molecular complexity index is 451. The highest BCUT2D eigenvalue weighted by molar-refractivity contribution is 9.10. The zero-order chi connectivity index (χ0) is 13.1. The van der Waals surface area contributed by atoms with Crippen molar-refractivity contribution in [3.05, 3.63) is 22.2 Å². The van der Waals surface area contributed by atoms with E-state index in [2.05, 4.69) is 15.9 Å². The van der Waals surface area contributed by atoms with Crippen molar-refractivity contribution in [2.45, 2.75) is 25.7 Å². The molecule has 1 saturated carbocycles. The summed E-state index contributed by atoms with van der Waals surface area (Å²) in [5.74, 6) is 1.59. The fraction of sp³-hybridized carbons (Fsp3) is 0.500. The molecule has 0 unspecified atom stereocenters. The molecule has 2 rings (SSSR count). The second-order valence-electron chi connectivity index (χ2n) is 4.51. The monoisotopic (exact) mass is 312 g/mol.